The van der Waals surface area contributed by atoms with E-state index >= 15 is 0 Å². The molecular formula is C28H25F3N4O3S. The van der Waals surface area contributed by atoms with E-state index < -0.39 is 27.5 Å². The van der Waals surface area contributed by atoms with Crippen molar-refractivity contribution in [3.63, 3.8) is 0 Å². The second-order valence-electron chi connectivity index (χ2n) is 9.25. The van der Waals surface area contributed by atoms with Gasteiger partial charge in [-0.25, -0.2) is 21.6 Å². The predicted molar refractivity (Wildman–Crippen MR) is 141 cm³/mol. The van der Waals surface area contributed by atoms with E-state index in [2.05, 4.69) is 9.71 Å². The molecule has 1 fully saturated rings. The predicted octanol–water partition coefficient (Wildman–Crippen LogP) is 4.45. The second-order valence-corrected chi connectivity index (χ2v) is 10.9. The van der Waals surface area contributed by atoms with E-state index in [1.807, 2.05) is 4.90 Å². The van der Waals surface area contributed by atoms with Crippen molar-refractivity contribution in [2.75, 3.05) is 37.4 Å². The average molecular weight is 555 g/mol. The molecule has 4 aromatic rings. The van der Waals surface area contributed by atoms with Crippen molar-refractivity contribution in [2.45, 2.75) is 11.3 Å². The molecule has 5 rings (SSSR count). The Hall–Kier alpha value is -3.96. The van der Waals surface area contributed by atoms with Gasteiger partial charge in [0, 0.05) is 73.3 Å². The van der Waals surface area contributed by atoms with Gasteiger partial charge in [0.25, 0.3) is 15.9 Å². The largest absolute Gasteiger partial charge is 0.336 e. The van der Waals surface area contributed by atoms with Gasteiger partial charge in [-0.1, -0.05) is 18.2 Å². The summed E-state index contributed by atoms with van der Waals surface area (Å²) in [5.41, 5.74) is 0.937. The first-order valence-electron chi connectivity index (χ1n) is 12.3. The van der Waals surface area contributed by atoms with Crippen LogP contribution in [0.5, 0.6) is 0 Å². The zero-order chi connectivity index (χ0) is 27.6. The SMILES string of the molecule is O=C(c1ccc(NS(=O)(=O)c2cccc3cccnc23)cc1)N1CCN(CCc2c(F)cc(F)cc2F)CC1. The molecule has 1 N–H and O–H groups in total. The Labute approximate surface area is 223 Å². The van der Waals surface area contributed by atoms with Crippen LogP contribution < -0.4 is 4.72 Å². The van der Waals surface area contributed by atoms with Gasteiger partial charge in [0.2, 0.25) is 0 Å². The number of anilines is 1. The average Bonchev–Trinajstić information content (AvgIpc) is 2.92. The molecule has 0 radical (unpaired) electrons. The van der Waals surface area contributed by atoms with Gasteiger partial charge >= 0.3 is 0 Å². The van der Waals surface area contributed by atoms with Gasteiger partial charge in [-0.15, -0.1) is 0 Å². The highest BCUT2D eigenvalue weighted by molar-refractivity contribution is 7.93. The van der Waals surface area contributed by atoms with Gasteiger partial charge in [-0.05, 0) is 42.8 Å². The lowest BCUT2D eigenvalue weighted by molar-refractivity contribution is 0.0638. The smallest absolute Gasteiger partial charge is 0.264 e. The fraction of sp³-hybridized carbons (Fsp3) is 0.214. The number of nitrogens with one attached hydrogen (secondary N) is 1. The van der Waals surface area contributed by atoms with Gasteiger partial charge in [-0.2, -0.15) is 0 Å². The second kappa shape index (κ2) is 11.0. The van der Waals surface area contributed by atoms with E-state index in [4.69, 9.17) is 0 Å². The van der Waals surface area contributed by atoms with Crippen molar-refractivity contribution in [2.24, 2.45) is 0 Å². The van der Waals surface area contributed by atoms with Crippen molar-refractivity contribution in [1.29, 1.82) is 0 Å². The molecule has 39 heavy (non-hydrogen) atoms. The molecule has 0 spiro atoms. The number of rotatable bonds is 7. The van der Waals surface area contributed by atoms with Crippen LogP contribution in [0.25, 0.3) is 10.9 Å². The topological polar surface area (TPSA) is 82.6 Å². The molecule has 1 saturated heterocycles. The molecule has 0 unspecified atom stereocenters. The van der Waals surface area contributed by atoms with Crippen LogP contribution in [-0.2, 0) is 16.4 Å². The van der Waals surface area contributed by atoms with Gasteiger partial charge in [0.05, 0.1) is 5.52 Å². The molecule has 3 aromatic carbocycles. The Bertz CT molecular complexity index is 1590. The van der Waals surface area contributed by atoms with Crippen molar-refractivity contribution >= 4 is 32.5 Å². The number of para-hydroxylation sites is 1. The number of hydrogen-bond donors (Lipinski definition) is 1. The molecule has 2 heterocycles. The van der Waals surface area contributed by atoms with Crippen LogP contribution in [0.15, 0.2) is 77.8 Å². The normalized spacial score (nSPS) is 14.5. The number of fused-ring (bicyclic) bond motifs is 1. The number of amides is 1. The molecule has 202 valence electrons. The summed E-state index contributed by atoms with van der Waals surface area (Å²) in [6.45, 7) is 2.27. The fourth-order valence-electron chi connectivity index (χ4n) is 4.62. The Balaban J connectivity index is 1.18. The quantitative estimate of drug-likeness (QED) is 0.365. The number of nitrogens with zero attached hydrogens (tertiary/aromatic N) is 3. The molecule has 1 amide bonds. The molecule has 0 atom stereocenters. The summed E-state index contributed by atoms with van der Waals surface area (Å²) in [5, 5.41) is 0.705. The summed E-state index contributed by atoms with van der Waals surface area (Å²) in [6, 6.07) is 16.0. The van der Waals surface area contributed by atoms with Crippen molar-refractivity contribution < 1.29 is 26.4 Å². The lowest BCUT2D eigenvalue weighted by atomic mass is 10.1. The highest BCUT2D eigenvalue weighted by Gasteiger charge is 2.23. The maximum atomic E-state index is 13.9. The lowest BCUT2D eigenvalue weighted by Gasteiger charge is -2.34. The van der Waals surface area contributed by atoms with Gasteiger partial charge < -0.3 is 4.90 Å². The molecular weight excluding hydrogens is 529 g/mol. The van der Waals surface area contributed by atoms with Crippen LogP contribution in [-0.4, -0.2) is 61.8 Å². The number of sulfonamides is 1. The van der Waals surface area contributed by atoms with Crippen molar-refractivity contribution in [3.8, 4) is 0 Å². The fourth-order valence-corrected chi connectivity index (χ4v) is 5.86. The number of pyridine rings is 1. The minimum Gasteiger partial charge on any atom is -0.336 e. The Morgan fingerprint density at radius 1 is 0.897 bits per heavy atom. The van der Waals surface area contributed by atoms with Crippen molar-refractivity contribution in [1.82, 2.24) is 14.8 Å². The molecule has 0 aliphatic carbocycles. The van der Waals surface area contributed by atoms with Crippen molar-refractivity contribution in [3.05, 3.63) is 102 Å². The first-order valence-corrected chi connectivity index (χ1v) is 13.8. The minimum absolute atomic E-state index is 0.0588. The first-order chi connectivity index (χ1) is 18.7. The molecule has 11 heteroatoms. The summed E-state index contributed by atoms with van der Waals surface area (Å²) in [6.07, 6.45) is 1.63. The summed E-state index contributed by atoms with van der Waals surface area (Å²) in [5.74, 6) is -2.95. The highest BCUT2D eigenvalue weighted by atomic mass is 32.2. The summed E-state index contributed by atoms with van der Waals surface area (Å²) in [4.78, 5) is 20.9. The molecule has 1 aromatic heterocycles. The van der Waals surface area contributed by atoms with E-state index in [1.54, 1.807) is 41.3 Å². The summed E-state index contributed by atoms with van der Waals surface area (Å²) < 4.78 is 69.5. The Morgan fingerprint density at radius 3 is 2.26 bits per heavy atom. The van der Waals surface area contributed by atoms with Crippen LogP contribution in [0.4, 0.5) is 18.9 Å². The molecule has 1 aliphatic rings. The van der Waals surface area contributed by atoms with Crippen LogP contribution in [0.2, 0.25) is 0 Å². The van der Waals surface area contributed by atoms with Crippen LogP contribution in [0.1, 0.15) is 15.9 Å². The molecule has 7 nitrogen and oxygen atoms in total. The van der Waals surface area contributed by atoms with Crippen LogP contribution in [0, 0.1) is 17.5 Å². The van der Waals surface area contributed by atoms with E-state index in [0.717, 1.165) is 0 Å². The third kappa shape index (κ3) is 5.89. The zero-order valence-corrected chi connectivity index (χ0v) is 21.6. The zero-order valence-electron chi connectivity index (χ0n) is 20.8. The van der Waals surface area contributed by atoms with E-state index in [-0.39, 0.29) is 22.8 Å². The first kappa shape index (κ1) is 26.6. The molecule has 1 aliphatic heterocycles. The van der Waals surface area contributed by atoms with E-state index in [1.165, 1.54) is 24.4 Å². The number of aromatic nitrogens is 1. The highest BCUT2D eigenvalue weighted by Crippen LogP contribution is 2.24. The number of benzene rings is 3. The standard InChI is InChI=1S/C28H25F3N4O3S/c29-21-17-24(30)23(25(31)18-21)10-12-34-13-15-35(16-14-34)28(36)20-6-8-22(9-7-20)33-39(37,38)26-5-1-3-19-4-2-11-32-27(19)26/h1-9,11,17-18,33H,10,12-16H2. The third-order valence-corrected chi connectivity index (χ3v) is 8.13. The van der Waals surface area contributed by atoms with Gasteiger partial charge in [-0.3, -0.25) is 19.4 Å². The third-order valence-electron chi connectivity index (χ3n) is 6.71. The number of carbonyl (C=O) groups excluding carboxylic acids is 1. The number of carbonyl (C=O) groups is 1. The van der Waals surface area contributed by atoms with E-state index in [9.17, 15) is 26.4 Å². The summed E-state index contributed by atoms with van der Waals surface area (Å²) in [7, 11) is -3.91. The van der Waals surface area contributed by atoms with Crippen LogP contribution >= 0.6 is 0 Å². The number of halogens is 3. The molecule has 0 saturated carbocycles. The minimum atomic E-state index is -3.91. The number of hydrogen-bond acceptors (Lipinski definition) is 5. The van der Waals surface area contributed by atoms with Gasteiger partial charge in [0.15, 0.2) is 0 Å². The molecule has 0 bridgehead atoms. The van der Waals surface area contributed by atoms with Gasteiger partial charge in [0.1, 0.15) is 22.3 Å². The monoisotopic (exact) mass is 554 g/mol. The Kier molecular flexibility index (Phi) is 7.53. The maximum Gasteiger partial charge on any atom is 0.264 e. The van der Waals surface area contributed by atoms with Crippen LogP contribution in [0.3, 0.4) is 0 Å². The number of piperazine rings is 1. The maximum absolute atomic E-state index is 13.9. The lowest BCUT2D eigenvalue weighted by Crippen LogP contribution is -2.49. The Morgan fingerprint density at radius 2 is 1.56 bits per heavy atom. The van der Waals surface area contributed by atoms with E-state index in [0.29, 0.717) is 67.0 Å². The summed E-state index contributed by atoms with van der Waals surface area (Å²) >= 11 is 0.